The molecule has 0 atom stereocenters. The summed E-state index contributed by atoms with van der Waals surface area (Å²) < 4.78 is 0. The number of thioether (sulfide) groups is 1. The third-order valence-corrected chi connectivity index (χ3v) is 4.02. The van der Waals surface area contributed by atoms with E-state index in [1.807, 2.05) is 0 Å². The van der Waals surface area contributed by atoms with Crippen molar-refractivity contribution in [3.8, 4) is 0 Å². The van der Waals surface area contributed by atoms with E-state index >= 15 is 0 Å². The molecule has 19 heavy (non-hydrogen) atoms. The average molecular weight is 275 g/mol. The first-order valence-electron chi connectivity index (χ1n) is 6.47. The van der Waals surface area contributed by atoms with Crippen molar-refractivity contribution < 1.29 is 0 Å². The zero-order valence-electron chi connectivity index (χ0n) is 10.9. The van der Waals surface area contributed by atoms with Gasteiger partial charge < -0.3 is 5.32 Å². The molecule has 100 valence electrons. The minimum atomic E-state index is 0.757. The number of aryl methyl sites for hydroxylation is 1. The van der Waals surface area contributed by atoms with Crippen LogP contribution in [0.4, 0.5) is 0 Å². The van der Waals surface area contributed by atoms with E-state index in [2.05, 4.69) is 45.0 Å². The topological polar surface area (TPSA) is 55.6 Å². The predicted molar refractivity (Wildman–Crippen MR) is 74.7 cm³/mol. The highest BCUT2D eigenvalue weighted by Gasteiger charge is 2.19. The van der Waals surface area contributed by atoms with E-state index < -0.39 is 0 Å². The van der Waals surface area contributed by atoms with Crippen molar-refractivity contribution in [1.82, 2.24) is 25.5 Å². The molecule has 3 rings (SSSR count). The molecular formula is C13H17N5S. The molecule has 0 radical (unpaired) electrons. The van der Waals surface area contributed by atoms with Gasteiger partial charge in [0.1, 0.15) is 0 Å². The summed E-state index contributed by atoms with van der Waals surface area (Å²) >= 11 is 1.73. The summed E-state index contributed by atoms with van der Waals surface area (Å²) in [6.07, 6.45) is 2.66. The molecule has 1 aliphatic carbocycles. The quantitative estimate of drug-likeness (QED) is 0.814. The zero-order valence-corrected chi connectivity index (χ0v) is 11.7. The standard InChI is InChI=1S/C13H17N5S/c1-18-16-13(15-17-18)9-19-12-6-2-10(3-7-12)8-14-11-4-5-11/h2-3,6-7,11,14H,4-5,8-9H2,1H3. The van der Waals surface area contributed by atoms with Crippen molar-refractivity contribution in [2.24, 2.45) is 7.05 Å². The lowest BCUT2D eigenvalue weighted by Gasteiger charge is -2.04. The SMILES string of the molecule is Cn1nnc(CSc2ccc(CNC3CC3)cc2)n1. The van der Waals surface area contributed by atoms with Crippen LogP contribution < -0.4 is 5.32 Å². The third kappa shape index (κ3) is 3.78. The number of hydrogen-bond donors (Lipinski definition) is 1. The highest BCUT2D eigenvalue weighted by atomic mass is 32.2. The van der Waals surface area contributed by atoms with Crippen LogP contribution in [0, 0.1) is 0 Å². The van der Waals surface area contributed by atoms with Crippen molar-refractivity contribution in [3.05, 3.63) is 35.7 Å². The molecule has 5 nitrogen and oxygen atoms in total. The fraction of sp³-hybridized carbons (Fsp3) is 0.462. The second-order valence-electron chi connectivity index (χ2n) is 4.78. The molecule has 0 aliphatic heterocycles. The average Bonchev–Trinajstić information content (AvgIpc) is 3.17. The maximum atomic E-state index is 4.16. The molecular weight excluding hydrogens is 258 g/mol. The molecule has 0 bridgehead atoms. The van der Waals surface area contributed by atoms with Crippen LogP contribution in [0.3, 0.4) is 0 Å². The van der Waals surface area contributed by atoms with Crippen LogP contribution in [0.5, 0.6) is 0 Å². The number of nitrogens with one attached hydrogen (secondary N) is 1. The first-order chi connectivity index (χ1) is 9.29. The number of hydrogen-bond acceptors (Lipinski definition) is 5. The van der Waals surface area contributed by atoms with Crippen LogP contribution in [0.25, 0.3) is 0 Å². The Bertz CT molecular complexity index is 532. The van der Waals surface area contributed by atoms with Crippen LogP contribution in [0.2, 0.25) is 0 Å². The molecule has 2 aromatic rings. The van der Waals surface area contributed by atoms with Gasteiger partial charge in [0.05, 0.1) is 12.8 Å². The molecule has 1 aliphatic rings. The van der Waals surface area contributed by atoms with Gasteiger partial charge in [-0.25, -0.2) is 0 Å². The van der Waals surface area contributed by atoms with Crippen LogP contribution in [0.15, 0.2) is 29.2 Å². The van der Waals surface area contributed by atoms with Crippen LogP contribution in [-0.4, -0.2) is 26.2 Å². The lowest BCUT2D eigenvalue weighted by molar-refractivity contribution is 0.628. The Morgan fingerprint density at radius 3 is 2.74 bits per heavy atom. The van der Waals surface area contributed by atoms with Crippen LogP contribution in [-0.2, 0) is 19.3 Å². The van der Waals surface area contributed by atoms with Gasteiger partial charge in [0.15, 0.2) is 5.82 Å². The Balaban J connectivity index is 1.50. The largest absolute Gasteiger partial charge is 0.310 e. The lowest BCUT2D eigenvalue weighted by atomic mass is 10.2. The van der Waals surface area contributed by atoms with Gasteiger partial charge in [-0.1, -0.05) is 12.1 Å². The van der Waals surface area contributed by atoms with Gasteiger partial charge in [0.25, 0.3) is 0 Å². The molecule has 6 heteroatoms. The first-order valence-corrected chi connectivity index (χ1v) is 7.46. The van der Waals surface area contributed by atoms with E-state index in [1.54, 1.807) is 18.8 Å². The number of nitrogens with zero attached hydrogens (tertiary/aromatic N) is 4. The Morgan fingerprint density at radius 1 is 1.32 bits per heavy atom. The second-order valence-corrected chi connectivity index (χ2v) is 5.83. The van der Waals surface area contributed by atoms with E-state index in [1.165, 1.54) is 28.1 Å². The highest BCUT2D eigenvalue weighted by Crippen LogP contribution is 2.22. The fourth-order valence-corrected chi connectivity index (χ4v) is 2.52. The van der Waals surface area contributed by atoms with E-state index in [4.69, 9.17) is 0 Å². The normalized spacial score (nSPS) is 14.8. The molecule has 1 saturated carbocycles. The monoisotopic (exact) mass is 275 g/mol. The van der Waals surface area contributed by atoms with E-state index in [-0.39, 0.29) is 0 Å². The maximum absolute atomic E-state index is 4.16. The van der Waals surface area contributed by atoms with Gasteiger partial charge in [-0.2, -0.15) is 4.80 Å². The Kier molecular flexibility index (Phi) is 3.79. The van der Waals surface area contributed by atoms with Crippen molar-refractivity contribution in [1.29, 1.82) is 0 Å². The maximum Gasteiger partial charge on any atom is 0.184 e. The highest BCUT2D eigenvalue weighted by molar-refractivity contribution is 7.98. The van der Waals surface area contributed by atoms with E-state index in [0.29, 0.717) is 0 Å². The molecule has 1 fully saturated rings. The summed E-state index contributed by atoms with van der Waals surface area (Å²) in [5.41, 5.74) is 1.34. The summed E-state index contributed by atoms with van der Waals surface area (Å²) in [7, 11) is 1.78. The smallest absolute Gasteiger partial charge is 0.184 e. The second kappa shape index (κ2) is 5.71. The molecule has 0 amide bonds. The van der Waals surface area contributed by atoms with E-state index in [0.717, 1.165) is 24.2 Å². The van der Waals surface area contributed by atoms with Crippen molar-refractivity contribution in [2.45, 2.75) is 36.1 Å². The minimum absolute atomic E-state index is 0.757. The van der Waals surface area contributed by atoms with Gasteiger partial charge in [0, 0.05) is 17.5 Å². The molecule has 0 spiro atoms. The summed E-state index contributed by atoms with van der Waals surface area (Å²) in [6, 6.07) is 9.44. The lowest BCUT2D eigenvalue weighted by Crippen LogP contribution is -2.14. The first kappa shape index (κ1) is 12.6. The van der Waals surface area contributed by atoms with Crippen LogP contribution >= 0.6 is 11.8 Å². The molecule has 1 aromatic carbocycles. The summed E-state index contributed by atoms with van der Waals surface area (Å²) in [5.74, 6) is 1.53. The Labute approximate surface area is 116 Å². The van der Waals surface area contributed by atoms with Gasteiger partial charge in [0.2, 0.25) is 0 Å². The van der Waals surface area contributed by atoms with Crippen molar-refractivity contribution in [3.63, 3.8) is 0 Å². The molecule has 1 heterocycles. The van der Waals surface area contributed by atoms with Crippen molar-refractivity contribution >= 4 is 11.8 Å². The van der Waals surface area contributed by atoms with Crippen molar-refractivity contribution in [2.75, 3.05) is 0 Å². The van der Waals surface area contributed by atoms with Gasteiger partial charge in [-0.05, 0) is 35.8 Å². The number of rotatable bonds is 6. The fourth-order valence-electron chi connectivity index (χ4n) is 1.78. The van der Waals surface area contributed by atoms with E-state index in [9.17, 15) is 0 Å². The molecule has 0 saturated heterocycles. The van der Waals surface area contributed by atoms with Gasteiger partial charge >= 0.3 is 0 Å². The summed E-state index contributed by atoms with van der Waals surface area (Å²) in [5, 5.41) is 15.5. The zero-order chi connectivity index (χ0) is 13.1. The third-order valence-electron chi connectivity index (χ3n) is 3.01. The molecule has 1 N–H and O–H groups in total. The summed E-state index contributed by atoms with van der Waals surface area (Å²) in [4.78, 5) is 2.73. The minimum Gasteiger partial charge on any atom is -0.310 e. The van der Waals surface area contributed by atoms with Gasteiger partial charge in [-0.15, -0.1) is 22.0 Å². The predicted octanol–water partition coefficient (Wildman–Crippen LogP) is 1.75. The Morgan fingerprint density at radius 2 is 2.11 bits per heavy atom. The van der Waals surface area contributed by atoms with Crippen LogP contribution in [0.1, 0.15) is 24.2 Å². The van der Waals surface area contributed by atoms with Gasteiger partial charge in [-0.3, -0.25) is 0 Å². The number of aromatic nitrogens is 4. The Hall–Kier alpha value is -1.40. The molecule has 1 aromatic heterocycles. The number of benzene rings is 1. The molecule has 0 unspecified atom stereocenters. The number of tetrazole rings is 1. The summed E-state index contributed by atoms with van der Waals surface area (Å²) in [6.45, 7) is 0.974.